The van der Waals surface area contributed by atoms with Crippen LogP contribution in [-0.4, -0.2) is 14.6 Å². The van der Waals surface area contributed by atoms with Crippen LogP contribution < -0.4 is 5.73 Å². The molecule has 2 N–H and O–H groups in total. The lowest BCUT2D eigenvalue weighted by atomic mass is 10.1. The summed E-state index contributed by atoms with van der Waals surface area (Å²) in [7, 11) is 0. The number of thioether (sulfide) groups is 1. The number of benzene rings is 1. The van der Waals surface area contributed by atoms with Crippen LogP contribution in [0, 0.1) is 5.82 Å². The Kier molecular flexibility index (Phi) is 3.66. The maximum Gasteiger partial charge on any atom is 0.195 e. The molecule has 3 aromatic rings. The molecule has 0 aliphatic heterocycles. The van der Waals surface area contributed by atoms with E-state index in [4.69, 9.17) is 5.73 Å². The highest BCUT2D eigenvalue weighted by Gasteiger charge is 2.07. The Morgan fingerprint density at radius 2 is 2.10 bits per heavy atom. The highest BCUT2D eigenvalue weighted by molar-refractivity contribution is 7.98. The van der Waals surface area contributed by atoms with Gasteiger partial charge in [0.2, 0.25) is 0 Å². The van der Waals surface area contributed by atoms with E-state index in [2.05, 4.69) is 10.2 Å². The van der Waals surface area contributed by atoms with Gasteiger partial charge in [-0.15, -0.1) is 10.2 Å². The molecule has 6 heteroatoms. The van der Waals surface area contributed by atoms with Crippen LogP contribution in [0.3, 0.4) is 0 Å². The molecule has 0 aliphatic carbocycles. The number of aromatic nitrogens is 3. The Bertz CT molecular complexity index is 741. The van der Waals surface area contributed by atoms with Crippen LogP contribution in [0.15, 0.2) is 47.8 Å². The Morgan fingerprint density at radius 3 is 2.95 bits per heavy atom. The molecule has 0 unspecified atom stereocenters. The van der Waals surface area contributed by atoms with Gasteiger partial charge in [0.25, 0.3) is 0 Å². The summed E-state index contributed by atoms with van der Waals surface area (Å²) >= 11 is 1.56. The van der Waals surface area contributed by atoms with Gasteiger partial charge in [-0.1, -0.05) is 30.0 Å². The minimum Gasteiger partial charge on any atom is -0.326 e. The van der Waals surface area contributed by atoms with E-state index < -0.39 is 0 Å². The zero-order valence-corrected chi connectivity index (χ0v) is 11.5. The number of halogens is 1. The summed E-state index contributed by atoms with van der Waals surface area (Å²) in [4.78, 5) is 0. The summed E-state index contributed by atoms with van der Waals surface area (Å²) in [5.74, 6) is 0.442. The zero-order valence-electron chi connectivity index (χ0n) is 10.7. The first-order valence-corrected chi connectivity index (χ1v) is 7.16. The molecule has 2 heterocycles. The molecule has 0 saturated carbocycles. The van der Waals surface area contributed by atoms with Gasteiger partial charge in [0.15, 0.2) is 10.8 Å². The van der Waals surface area contributed by atoms with Crippen LogP contribution in [0.4, 0.5) is 4.39 Å². The van der Waals surface area contributed by atoms with Crippen LogP contribution in [0.1, 0.15) is 11.1 Å². The second kappa shape index (κ2) is 5.60. The molecule has 0 fully saturated rings. The number of nitrogens with zero attached hydrogens (tertiary/aromatic N) is 3. The molecule has 4 nitrogen and oxygen atoms in total. The third-order valence-electron chi connectivity index (χ3n) is 2.98. The molecule has 0 spiro atoms. The quantitative estimate of drug-likeness (QED) is 0.750. The lowest BCUT2D eigenvalue weighted by Crippen LogP contribution is -2.00. The lowest BCUT2D eigenvalue weighted by molar-refractivity contribution is 0.610. The standard InChI is InChI=1S/C14H13FN4S/c15-12-5-4-10(7-11(12)8-16)9-20-14-18-17-13-3-1-2-6-19(13)14/h1-7H,8-9,16H2. The van der Waals surface area contributed by atoms with Crippen LogP contribution >= 0.6 is 11.8 Å². The average Bonchev–Trinajstić information content (AvgIpc) is 2.90. The number of fused-ring (bicyclic) bond motifs is 1. The van der Waals surface area contributed by atoms with Gasteiger partial charge >= 0.3 is 0 Å². The van der Waals surface area contributed by atoms with E-state index in [1.165, 1.54) is 6.07 Å². The first-order valence-electron chi connectivity index (χ1n) is 6.18. The molecule has 1 aromatic carbocycles. The molecular weight excluding hydrogens is 275 g/mol. The molecule has 0 radical (unpaired) electrons. The molecule has 0 aliphatic rings. The minimum absolute atomic E-state index is 0.207. The summed E-state index contributed by atoms with van der Waals surface area (Å²) in [6.07, 6.45) is 1.92. The Morgan fingerprint density at radius 1 is 1.20 bits per heavy atom. The summed E-state index contributed by atoms with van der Waals surface area (Å²) < 4.78 is 15.3. The van der Waals surface area contributed by atoms with Gasteiger partial charge < -0.3 is 5.73 Å². The first-order chi connectivity index (χ1) is 9.78. The largest absolute Gasteiger partial charge is 0.326 e. The number of pyridine rings is 1. The van der Waals surface area contributed by atoms with E-state index in [-0.39, 0.29) is 12.4 Å². The van der Waals surface area contributed by atoms with Gasteiger partial charge in [-0.2, -0.15) is 0 Å². The van der Waals surface area contributed by atoms with Crippen molar-refractivity contribution >= 4 is 17.4 Å². The van der Waals surface area contributed by atoms with E-state index in [1.54, 1.807) is 23.9 Å². The van der Waals surface area contributed by atoms with Crippen molar-refractivity contribution in [2.75, 3.05) is 0 Å². The number of hydrogen-bond acceptors (Lipinski definition) is 4. The maximum atomic E-state index is 13.4. The Hall–Kier alpha value is -1.92. The summed E-state index contributed by atoms with van der Waals surface area (Å²) in [6.45, 7) is 0.207. The van der Waals surface area contributed by atoms with Crippen molar-refractivity contribution in [2.45, 2.75) is 17.5 Å². The third-order valence-corrected chi connectivity index (χ3v) is 3.99. The normalized spacial score (nSPS) is 11.1. The smallest absolute Gasteiger partial charge is 0.195 e. The van der Waals surface area contributed by atoms with Crippen LogP contribution in [0.2, 0.25) is 0 Å². The highest BCUT2D eigenvalue weighted by atomic mass is 32.2. The predicted octanol–water partition coefficient (Wildman–Crippen LogP) is 2.62. The maximum absolute atomic E-state index is 13.4. The fourth-order valence-corrected chi connectivity index (χ4v) is 2.81. The highest BCUT2D eigenvalue weighted by Crippen LogP contribution is 2.22. The molecule has 0 amide bonds. The molecule has 3 rings (SSSR count). The van der Waals surface area contributed by atoms with Crippen molar-refractivity contribution < 1.29 is 4.39 Å². The van der Waals surface area contributed by atoms with E-state index in [0.717, 1.165) is 16.4 Å². The summed E-state index contributed by atoms with van der Waals surface area (Å²) in [5, 5.41) is 9.06. The van der Waals surface area contributed by atoms with Gasteiger partial charge in [-0.25, -0.2) is 4.39 Å². The fourth-order valence-electron chi connectivity index (χ4n) is 1.94. The van der Waals surface area contributed by atoms with Crippen molar-refractivity contribution in [3.63, 3.8) is 0 Å². The molecule has 20 heavy (non-hydrogen) atoms. The van der Waals surface area contributed by atoms with Gasteiger partial charge in [0.05, 0.1) is 0 Å². The van der Waals surface area contributed by atoms with Crippen molar-refractivity contribution in [1.82, 2.24) is 14.6 Å². The predicted molar refractivity (Wildman–Crippen MR) is 76.8 cm³/mol. The summed E-state index contributed by atoms with van der Waals surface area (Å²) in [6, 6.07) is 10.8. The molecule has 0 saturated heterocycles. The van der Waals surface area contributed by atoms with Gasteiger partial charge in [0.1, 0.15) is 5.82 Å². The molecule has 2 aromatic heterocycles. The number of hydrogen-bond donors (Lipinski definition) is 1. The fraction of sp³-hybridized carbons (Fsp3) is 0.143. The van der Waals surface area contributed by atoms with E-state index >= 15 is 0 Å². The molecule has 0 bridgehead atoms. The average molecular weight is 288 g/mol. The Balaban J connectivity index is 1.79. The van der Waals surface area contributed by atoms with E-state index in [1.807, 2.05) is 28.8 Å². The van der Waals surface area contributed by atoms with Crippen molar-refractivity contribution in [3.8, 4) is 0 Å². The third kappa shape index (κ3) is 2.52. The van der Waals surface area contributed by atoms with Gasteiger partial charge in [0, 0.05) is 24.1 Å². The van der Waals surface area contributed by atoms with Gasteiger partial charge in [-0.3, -0.25) is 4.40 Å². The zero-order chi connectivity index (χ0) is 13.9. The van der Waals surface area contributed by atoms with Crippen LogP contribution in [0.5, 0.6) is 0 Å². The molecule has 102 valence electrons. The number of nitrogens with two attached hydrogens (primary N) is 1. The van der Waals surface area contributed by atoms with E-state index in [9.17, 15) is 4.39 Å². The van der Waals surface area contributed by atoms with Crippen LogP contribution in [-0.2, 0) is 12.3 Å². The molecule has 0 atom stereocenters. The van der Waals surface area contributed by atoms with Crippen LogP contribution in [0.25, 0.3) is 5.65 Å². The SMILES string of the molecule is NCc1cc(CSc2nnc3ccccn23)ccc1F. The van der Waals surface area contributed by atoms with E-state index in [0.29, 0.717) is 11.3 Å². The lowest BCUT2D eigenvalue weighted by Gasteiger charge is -2.04. The minimum atomic E-state index is -0.255. The second-order valence-electron chi connectivity index (χ2n) is 4.33. The Labute approximate surface area is 119 Å². The molecular formula is C14H13FN4S. The first kappa shape index (κ1) is 13.1. The topological polar surface area (TPSA) is 56.2 Å². The monoisotopic (exact) mass is 288 g/mol. The van der Waals surface area contributed by atoms with Gasteiger partial charge in [-0.05, 0) is 23.8 Å². The van der Waals surface area contributed by atoms with Crippen molar-refractivity contribution in [3.05, 3.63) is 59.5 Å². The second-order valence-corrected chi connectivity index (χ2v) is 5.27. The van der Waals surface area contributed by atoms with Crippen molar-refractivity contribution in [1.29, 1.82) is 0 Å². The summed E-state index contributed by atoms with van der Waals surface area (Å²) in [5.41, 5.74) is 7.88. The number of rotatable bonds is 4. The van der Waals surface area contributed by atoms with Crippen molar-refractivity contribution in [2.24, 2.45) is 5.73 Å².